The molecule has 0 atom stereocenters. The highest BCUT2D eigenvalue weighted by molar-refractivity contribution is 5.81. The number of likely N-dealkylation sites (tertiary alicyclic amines) is 1. The average Bonchev–Trinajstić information content (AvgIpc) is 2.66. The standard InChI is InChI=1S/C19H24N4O5/c20-21-12-15-3-1-14(2-4-15)11-16(24)22-8-5-19(6-9-22)7-10-23(13-17(25)26)18(27)28-19/h1-4,12H,5-11,13,20H2,(H,25,26). The first kappa shape index (κ1) is 19.7. The van der Waals surface area contributed by atoms with Gasteiger partial charge in [-0.1, -0.05) is 24.3 Å². The number of carboxylic acids is 1. The number of nitrogens with two attached hydrogens (primary N) is 1. The van der Waals surface area contributed by atoms with Crippen molar-refractivity contribution in [3.8, 4) is 0 Å². The molecule has 2 aliphatic rings. The van der Waals surface area contributed by atoms with Crippen LogP contribution in [-0.2, 0) is 20.7 Å². The number of hydrogen-bond acceptors (Lipinski definition) is 6. The van der Waals surface area contributed by atoms with E-state index in [4.69, 9.17) is 15.7 Å². The van der Waals surface area contributed by atoms with Crippen molar-refractivity contribution in [3.63, 3.8) is 0 Å². The van der Waals surface area contributed by atoms with E-state index >= 15 is 0 Å². The molecule has 0 aromatic heterocycles. The maximum absolute atomic E-state index is 12.6. The van der Waals surface area contributed by atoms with E-state index < -0.39 is 17.7 Å². The normalized spacial score (nSPS) is 19.1. The van der Waals surface area contributed by atoms with Crippen molar-refractivity contribution in [2.24, 2.45) is 10.9 Å². The fourth-order valence-electron chi connectivity index (χ4n) is 3.65. The van der Waals surface area contributed by atoms with Crippen LogP contribution in [0.15, 0.2) is 29.4 Å². The largest absolute Gasteiger partial charge is 0.480 e. The summed E-state index contributed by atoms with van der Waals surface area (Å²) >= 11 is 0. The van der Waals surface area contributed by atoms with Crippen molar-refractivity contribution < 1.29 is 24.2 Å². The topological polar surface area (TPSA) is 126 Å². The van der Waals surface area contributed by atoms with E-state index in [2.05, 4.69) is 5.10 Å². The number of hydrogen-bond donors (Lipinski definition) is 2. The first-order valence-corrected chi connectivity index (χ1v) is 9.20. The van der Waals surface area contributed by atoms with E-state index in [1.54, 1.807) is 11.1 Å². The number of amides is 2. The number of benzene rings is 1. The van der Waals surface area contributed by atoms with Gasteiger partial charge in [0.25, 0.3) is 0 Å². The summed E-state index contributed by atoms with van der Waals surface area (Å²) in [5.41, 5.74) is 1.19. The van der Waals surface area contributed by atoms with Crippen LogP contribution in [0.1, 0.15) is 30.4 Å². The van der Waals surface area contributed by atoms with E-state index in [1.807, 2.05) is 24.3 Å². The van der Waals surface area contributed by atoms with Gasteiger partial charge in [-0.05, 0) is 11.1 Å². The minimum Gasteiger partial charge on any atom is -0.480 e. The second-order valence-corrected chi connectivity index (χ2v) is 7.19. The van der Waals surface area contributed by atoms with Crippen LogP contribution in [0, 0.1) is 0 Å². The molecule has 0 bridgehead atoms. The van der Waals surface area contributed by atoms with Crippen molar-refractivity contribution in [1.82, 2.24) is 9.80 Å². The van der Waals surface area contributed by atoms with Gasteiger partial charge in [0.05, 0.1) is 12.6 Å². The Morgan fingerprint density at radius 1 is 1.18 bits per heavy atom. The Labute approximate surface area is 162 Å². The number of carbonyl (C=O) groups is 3. The predicted octanol–water partition coefficient (Wildman–Crippen LogP) is 0.810. The fraction of sp³-hybridized carbons (Fsp3) is 0.474. The zero-order chi connectivity index (χ0) is 20.1. The lowest BCUT2D eigenvalue weighted by atomic mass is 9.86. The maximum Gasteiger partial charge on any atom is 0.410 e. The molecule has 2 heterocycles. The van der Waals surface area contributed by atoms with E-state index in [9.17, 15) is 14.4 Å². The van der Waals surface area contributed by atoms with Crippen LogP contribution in [0.3, 0.4) is 0 Å². The number of carboxylic acid groups (broad SMARTS) is 1. The molecule has 2 amide bonds. The molecule has 1 aromatic rings. The molecule has 3 N–H and O–H groups in total. The Hall–Kier alpha value is -3.10. The Morgan fingerprint density at radius 2 is 1.82 bits per heavy atom. The van der Waals surface area contributed by atoms with Crippen LogP contribution < -0.4 is 5.84 Å². The molecular weight excluding hydrogens is 364 g/mol. The van der Waals surface area contributed by atoms with Crippen LogP contribution in [0.25, 0.3) is 0 Å². The van der Waals surface area contributed by atoms with E-state index in [1.165, 1.54) is 4.90 Å². The van der Waals surface area contributed by atoms with Gasteiger partial charge in [-0.25, -0.2) is 4.79 Å². The number of piperidine rings is 1. The molecule has 2 saturated heterocycles. The second kappa shape index (κ2) is 8.28. The summed E-state index contributed by atoms with van der Waals surface area (Å²) in [4.78, 5) is 38.4. The lowest BCUT2D eigenvalue weighted by Crippen LogP contribution is -2.56. The van der Waals surface area contributed by atoms with Gasteiger partial charge in [-0.2, -0.15) is 5.10 Å². The molecule has 2 fully saturated rings. The summed E-state index contributed by atoms with van der Waals surface area (Å²) in [6, 6.07) is 7.46. The highest BCUT2D eigenvalue weighted by atomic mass is 16.6. The quantitative estimate of drug-likeness (QED) is 0.437. The van der Waals surface area contributed by atoms with E-state index in [0.717, 1.165) is 11.1 Å². The summed E-state index contributed by atoms with van der Waals surface area (Å²) in [6.07, 6.45) is 2.97. The number of hydrazone groups is 1. The van der Waals surface area contributed by atoms with Gasteiger partial charge in [-0.15, -0.1) is 0 Å². The van der Waals surface area contributed by atoms with Gasteiger partial charge in [-0.3, -0.25) is 14.5 Å². The fourth-order valence-corrected chi connectivity index (χ4v) is 3.65. The molecule has 1 spiro atoms. The van der Waals surface area contributed by atoms with E-state index in [0.29, 0.717) is 45.3 Å². The first-order valence-electron chi connectivity index (χ1n) is 9.20. The van der Waals surface area contributed by atoms with Crippen LogP contribution in [0.2, 0.25) is 0 Å². The number of ether oxygens (including phenoxy) is 1. The molecule has 1 aromatic carbocycles. The lowest BCUT2D eigenvalue weighted by molar-refractivity contribution is -0.143. The van der Waals surface area contributed by atoms with Crippen molar-refractivity contribution in [1.29, 1.82) is 0 Å². The maximum atomic E-state index is 12.6. The number of nitrogens with zero attached hydrogens (tertiary/aromatic N) is 3. The Bertz CT molecular complexity index is 769. The Morgan fingerprint density at radius 3 is 2.39 bits per heavy atom. The minimum absolute atomic E-state index is 0.0322. The highest BCUT2D eigenvalue weighted by Gasteiger charge is 2.43. The Kier molecular flexibility index (Phi) is 5.81. The van der Waals surface area contributed by atoms with Gasteiger partial charge in [0.15, 0.2) is 0 Å². The molecule has 0 radical (unpaired) electrons. The van der Waals surface area contributed by atoms with E-state index in [-0.39, 0.29) is 12.5 Å². The third kappa shape index (κ3) is 4.59. The monoisotopic (exact) mass is 388 g/mol. The summed E-state index contributed by atoms with van der Waals surface area (Å²) in [6.45, 7) is 1.04. The van der Waals surface area contributed by atoms with Crippen molar-refractivity contribution >= 4 is 24.2 Å². The van der Waals surface area contributed by atoms with Crippen molar-refractivity contribution in [2.75, 3.05) is 26.2 Å². The molecule has 28 heavy (non-hydrogen) atoms. The minimum atomic E-state index is -1.06. The molecule has 0 aliphatic carbocycles. The average molecular weight is 388 g/mol. The Balaban J connectivity index is 1.51. The molecule has 3 rings (SSSR count). The highest BCUT2D eigenvalue weighted by Crippen LogP contribution is 2.34. The summed E-state index contributed by atoms with van der Waals surface area (Å²) in [5, 5.41) is 12.3. The van der Waals surface area contributed by atoms with Gasteiger partial charge in [0.2, 0.25) is 5.91 Å². The number of carbonyl (C=O) groups excluding carboxylic acids is 2. The van der Waals surface area contributed by atoms with Gasteiger partial charge in [0.1, 0.15) is 12.1 Å². The molecule has 9 heteroatoms. The third-order valence-electron chi connectivity index (χ3n) is 5.31. The summed E-state index contributed by atoms with van der Waals surface area (Å²) < 4.78 is 5.57. The molecular formula is C19H24N4O5. The molecule has 150 valence electrons. The van der Waals surface area contributed by atoms with Crippen LogP contribution in [0.4, 0.5) is 4.79 Å². The van der Waals surface area contributed by atoms with Crippen LogP contribution in [0.5, 0.6) is 0 Å². The molecule has 0 unspecified atom stereocenters. The summed E-state index contributed by atoms with van der Waals surface area (Å²) in [5.74, 6) is 4.10. The third-order valence-corrected chi connectivity index (χ3v) is 5.31. The van der Waals surface area contributed by atoms with Gasteiger partial charge >= 0.3 is 12.1 Å². The zero-order valence-electron chi connectivity index (χ0n) is 15.5. The predicted molar refractivity (Wildman–Crippen MR) is 101 cm³/mol. The van der Waals surface area contributed by atoms with Gasteiger partial charge in [0, 0.05) is 38.9 Å². The summed E-state index contributed by atoms with van der Waals surface area (Å²) in [7, 11) is 0. The SMILES string of the molecule is NN=Cc1ccc(CC(=O)N2CCC3(CC2)CCN(CC(=O)O)C(=O)O3)cc1. The number of aliphatic carboxylic acids is 1. The van der Waals surface area contributed by atoms with Crippen LogP contribution in [-0.4, -0.2) is 70.9 Å². The first-order chi connectivity index (χ1) is 13.4. The molecule has 0 saturated carbocycles. The second-order valence-electron chi connectivity index (χ2n) is 7.19. The smallest absolute Gasteiger partial charge is 0.410 e. The van der Waals surface area contributed by atoms with Crippen LogP contribution >= 0.6 is 0 Å². The van der Waals surface area contributed by atoms with Gasteiger partial charge < -0.3 is 20.6 Å². The lowest BCUT2D eigenvalue weighted by Gasteiger charge is -2.45. The number of rotatable bonds is 5. The molecule has 2 aliphatic heterocycles. The molecule has 9 nitrogen and oxygen atoms in total. The van der Waals surface area contributed by atoms with Crippen molar-refractivity contribution in [3.05, 3.63) is 35.4 Å². The zero-order valence-corrected chi connectivity index (χ0v) is 15.5. The van der Waals surface area contributed by atoms with Crippen molar-refractivity contribution in [2.45, 2.75) is 31.3 Å².